The van der Waals surface area contributed by atoms with Gasteiger partial charge in [0.25, 0.3) is 5.69 Å². The van der Waals surface area contributed by atoms with Crippen LogP contribution in [0.5, 0.6) is 0 Å². The lowest BCUT2D eigenvalue weighted by atomic mass is 9.99. The lowest BCUT2D eigenvalue weighted by molar-refractivity contribution is -0.675. The van der Waals surface area contributed by atoms with E-state index in [1.54, 1.807) is 42.8 Å². The monoisotopic (exact) mass is 719 g/mol. The molecule has 0 bridgehead atoms. The average Bonchev–Trinajstić information content (AvgIpc) is 3.78. The van der Waals surface area contributed by atoms with Gasteiger partial charge in [0.15, 0.2) is 0 Å². The highest BCUT2D eigenvalue weighted by molar-refractivity contribution is 7.99. The Morgan fingerprint density at radius 2 is 1.78 bits per heavy atom. The van der Waals surface area contributed by atoms with Gasteiger partial charge in [0, 0.05) is 29.8 Å². The highest BCUT2D eigenvalue weighted by Crippen LogP contribution is 2.35. The molecule has 2 aromatic carbocycles. The number of hydrogen-bond acceptors (Lipinski definition) is 10. The maximum Gasteiger partial charge on any atom is 0.340 e. The van der Waals surface area contributed by atoms with E-state index in [4.69, 9.17) is 5.73 Å². The average molecular weight is 720 g/mol. The minimum atomic E-state index is -0.827. The molecule has 1 saturated carbocycles. The summed E-state index contributed by atoms with van der Waals surface area (Å²) < 4.78 is 19.0. The largest absolute Gasteiger partial charge is 0.343 e. The molecular weight excluding hydrogens is 680 g/mol. The standard InChI is InChI=1S/C34H39FN10O5S/c1-19(2)29(36)33(48)37-20(3)31(46)38-24-11-9-21(10-12-24)17-44-18-23(22-7-5-6-8-22)15-27(35)30(44)39-32(47)26-16-25(45(49)50)13-14-28(26)51-34-40-41-42-43(34)4/h9-16,18-20,22,29H,5-8,17,36H2,1-4H3,(H2,37,38,46,48)/p+1/t20-,29-/m0/s1. The summed E-state index contributed by atoms with van der Waals surface area (Å²) in [6, 6.07) is 10.6. The molecule has 0 spiro atoms. The number of amides is 3. The number of nitrogens with zero attached hydrogens (tertiary/aromatic N) is 6. The van der Waals surface area contributed by atoms with E-state index in [9.17, 15) is 24.5 Å². The van der Waals surface area contributed by atoms with Crippen molar-refractivity contribution < 1.29 is 28.3 Å². The van der Waals surface area contributed by atoms with E-state index < -0.39 is 40.5 Å². The van der Waals surface area contributed by atoms with Crippen molar-refractivity contribution in [3.05, 3.63) is 87.3 Å². The predicted octanol–water partition coefficient (Wildman–Crippen LogP) is 4.08. The van der Waals surface area contributed by atoms with Crippen LogP contribution in [0.15, 0.2) is 64.8 Å². The van der Waals surface area contributed by atoms with Gasteiger partial charge in [0.2, 0.25) is 22.8 Å². The number of non-ortho nitro benzene ring substituents is 1. The van der Waals surface area contributed by atoms with Gasteiger partial charge in [0.1, 0.15) is 12.6 Å². The maximum atomic E-state index is 16.0. The van der Waals surface area contributed by atoms with Crippen LogP contribution in [0.2, 0.25) is 0 Å². The summed E-state index contributed by atoms with van der Waals surface area (Å²) in [5, 5.41) is 31.3. The van der Waals surface area contributed by atoms with Crippen molar-refractivity contribution in [2.75, 3.05) is 10.6 Å². The van der Waals surface area contributed by atoms with E-state index in [0.717, 1.165) is 54.6 Å². The Bertz CT molecular complexity index is 1930. The van der Waals surface area contributed by atoms with E-state index in [2.05, 4.69) is 31.5 Å². The van der Waals surface area contributed by atoms with Crippen LogP contribution in [0.4, 0.5) is 21.6 Å². The molecule has 1 aliphatic rings. The zero-order valence-electron chi connectivity index (χ0n) is 28.6. The molecule has 4 aromatic rings. The molecule has 17 heteroatoms. The molecule has 268 valence electrons. The van der Waals surface area contributed by atoms with Crippen LogP contribution in [0, 0.1) is 21.8 Å². The number of nitrogens with one attached hydrogen (secondary N) is 3. The second-order valence-electron chi connectivity index (χ2n) is 12.8. The maximum absolute atomic E-state index is 16.0. The van der Waals surface area contributed by atoms with Crippen LogP contribution in [-0.2, 0) is 23.2 Å². The number of carbonyl (C=O) groups is 3. The molecule has 1 aliphatic carbocycles. The molecule has 2 atom stereocenters. The van der Waals surface area contributed by atoms with Gasteiger partial charge in [0.05, 0.1) is 22.7 Å². The highest BCUT2D eigenvalue weighted by atomic mass is 32.2. The summed E-state index contributed by atoms with van der Waals surface area (Å²) in [6.07, 6.45) is 5.75. The first-order chi connectivity index (χ1) is 24.3. The molecule has 0 radical (unpaired) electrons. The van der Waals surface area contributed by atoms with Crippen LogP contribution < -0.4 is 26.3 Å². The second kappa shape index (κ2) is 16.2. The minimum Gasteiger partial charge on any atom is -0.343 e. The lowest BCUT2D eigenvalue weighted by Gasteiger charge is -2.19. The first-order valence-corrected chi connectivity index (χ1v) is 17.3. The van der Waals surface area contributed by atoms with Crippen LogP contribution in [0.1, 0.15) is 73.9 Å². The van der Waals surface area contributed by atoms with Gasteiger partial charge in [-0.05, 0) is 89.2 Å². The number of nitro groups is 1. The topological polar surface area (TPSA) is 204 Å². The zero-order chi connectivity index (χ0) is 36.8. The van der Waals surface area contributed by atoms with Gasteiger partial charge in [-0.2, -0.15) is 4.39 Å². The fourth-order valence-electron chi connectivity index (χ4n) is 5.67. The molecule has 2 heterocycles. The molecule has 51 heavy (non-hydrogen) atoms. The number of hydrogen-bond donors (Lipinski definition) is 4. The number of aryl methyl sites for hydroxylation is 1. The van der Waals surface area contributed by atoms with Gasteiger partial charge >= 0.3 is 11.7 Å². The molecule has 2 aromatic heterocycles. The van der Waals surface area contributed by atoms with Crippen molar-refractivity contribution in [2.45, 2.75) is 81.1 Å². The van der Waals surface area contributed by atoms with E-state index in [1.807, 2.05) is 20.0 Å². The van der Waals surface area contributed by atoms with E-state index >= 15 is 4.39 Å². The zero-order valence-corrected chi connectivity index (χ0v) is 29.4. The van der Waals surface area contributed by atoms with Gasteiger partial charge in [-0.3, -0.25) is 19.7 Å². The van der Waals surface area contributed by atoms with Crippen molar-refractivity contribution in [3.63, 3.8) is 0 Å². The third-order valence-electron chi connectivity index (χ3n) is 8.72. The fourth-order valence-corrected chi connectivity index (χ4v) is 6.51. The van der Waals surface area contributed by atoms with Crippen molar-refractivity contribution in [3.8, 4) is 0 Å². The van der Waals surface area contributed by atoms with E-state index in [0.29, 0.717) is 15.7 Å². The third kappa shape index (κ3) is 9.09. The first-order valence-electron chi connectivity index (χ1n) is 16.5. The summed E-state index contributed by atoms with van der Waals surface area (Å²) in [7, 11) is 1.61. The van der Waals surface area contributed by atoms with Crippen molar-refractivity contribution in [1.29, 1.82) is 0 Å². The molecule has 5 N–H and O–H groups in total. The second-order valence-corrected chi connectivity index (χ2v) is 13.9. The van der Waals surface area contributed by atoms with Gasteiger partial charge in [-0.1, -0.05) is 38.8 Å². The van der Waals surface area contributed by atoms with E-state index in [1.165, 1.54) is 22.9 Å². The number of nitrogens with two attached hydrogens (primary N) is 1. The Hall–Kier alpha value is -5.29. The number of anilines is 2. The Morgan fingerprint density at radius 1 is 1.08 bits per heavy atom. The normalized spacial score (nSPS) is 14.3. The van der Waals surface area contributed by atoms with Crippen LogP contribution in [-0.4, -0.2) is 54.9 Å². The summed E-state index contributed by atoms with van der Waals surface area (Å²) in [5.41, 5.74) is 7.55. The van der Waals surface area contributed by atoms with Crippen LogP contribution >= 0.6 is 11.8 Å². The Morgan fingerprint density at radius 3 is 2.41 bits per heavy atom. The number of tetrazole rings is 1. The fraction of sp³-hybridized carbons (Fsp3) is 0.382. The van der Waals surface area contributed by atoms with Crippen LogP contribution in [0.3, 0.4) is 0 Å². The quantitative estimate of drug-likeness (QED) is 0.0886. The number of benzene rings is 2. The smallest absolute Gasteiger partial charge is 0.340 e. The van der Waals surface area contributed by atoms with E-state index in [-0.39, 0.29) is 35.4 Å². The van der Waals surface area contributed by atoms with Crippen molar-refractivity contribution in [2.24, 2.45) is 18.7 Å². The Kier molecular flexibility index (Phi) is 11.7. The van der Waals surface area contributed by atoms with Gasteiger partial charge < -0.3 is 16.4 Å². The third-order valence-corrected chi connectivity index (χ3v) is 9.82. The van der Waals surface area contributed by atoms with Crippen molar-refractivity contribution >= 4 is 46.7 Å². The van der Waals surface area contributed by atoms with Gasteiger partial charge in [-0.15, -0.1) is 5.10 Å². The summed E-state index contributed by atoms with van der Waals surface area (Å²) in [4.78, 5) is 50.2. The number of pyridine rings is 1. The first kappa shape index (κ1) is 37.0. The SMILES string of the molecule is CC(C)[C@H](N)C(=O)N[C@@H](C)C(=O)Nc1ccc(C[n+]2cc(C3CCCC3)cc(F)c2NC(=O)c2cc([N+](=O)[O-])ccc2Sc2nnnn2C)cc1. The minimum absolute atomic E-state index is 0.0558. The number of nitro benzene ring substituents is 1. The predicted molar refractivity (Wildman–Crippen MR) is 186 cm³/mol. The number of aromatic nitrogens is 5. The van der Waals surface area contributed by atoms with Crippen molar-refractivity contribution in [1.82, 2.24) is 25.5 Å². The summed E-state index contributed by atoms with van der Waals surface area (Å²) in [5.74, 6) is -2.29. The number of carbonyl (C=O) groups excluding carboxylic acids is 3. The molecule has 15 nitrogen and oxygen atoms in total. The number of rotatable bonds is 13. The van der Waals surface area contributed by atoms with Crippen LogP contribution in [0.25, 0.3) is 0 Å². The summed E-state index contributed by atoms with van der Waals surface area (Å²) >= 11 is 1.04. The summed E-state index contributed by atoms with van der Waals surface area (Å²) in [6.45, 7) is 5.36. The molecule has 3 amide bonds. The Labute approximate surface area is 297 Å². The molecule has 0 aliphatic heterocycles. The molecule has 0 saturated heterocycles. The number of halogens is 1. The molecule has 0 unspecified atom stereocenters. The molecule has 1 fully saturated rings. The molecule has 5 rings (SSSR count). The molecular formula is C34H40FN10O5S+. The highest BCUT2D eigenvalue weighted by Gasteiger charge is 2.29. The van der Waals surface area contributed by atoms with Gasteiger partial charge in [-0.25, -0.2) is 19.4 Å². The lowest BCUT2D eigenvalue weighted by Crippen LogP contribution is -2.50. The Balaban J connectivity index is 1.39.